The number of hydrogen-bond acceptors (Lipinski definition) is 5. The first-order chi connectivity index (χ1) is 8.88. The maximum absolute atomic E-state index is 10.2. The van der Waals surface area contributed by atoms with E-state index in [0.29, 0.717) is 6.42 Å². The van der Waals surface area contributed by atoms with Gasteiger partial charge >= 0.3 is 11.9 Å². The van der Waals surface area contributed by atoms with E-state index in [1.165, 1.54) is 0 Å². The minimum Gasteiger partial charge on any atom is -0.475 e. The zero-order valence-electron chi connectivity index (χ0n) is 10.6. The molecule has 0 spiro atoms. The van der Waals surface area contributed by atoms with E-state index in [1.807, 2.05) is 0 Å². The van der Waals surface area contributed by atoms with Crippen molar-refractivity contribution < 1.29 is 34.4 Å². The maximum Gasteiger partial charge on any atom is 0.371 e. The number of carboxylic acids is 2. The second-order valence-electron chi connectivity index (χ2n) is 3.75. The van der Waals surface area contributed by atoms with Crippen LogP contribution in [0, 0.1) is 0 Å². The molecule has 0 aromatic carbocycles. The third kappa shape index (κ3) is 7.96. The van der Waals surface area contributed by atoms with Crippen LogP contribution in [0.25, 0.3) is 0 Å². The van der Waals surface area contributed by atoms with Gasteiger partial charge in [0.2, 0.25) is 11.5 Å². The van der Waals surface area contributed by atoms with Crippen LogP contribution in [0.4, 0.5) is 0 Å². The highest BCUT2D eigenvalue weighted by molar-refractivity contribution is 5.88. The summed E-state index contributed by atoms with van der Waals surface area (Å²) < 4.78 is 4.41. The van der Waals surface area contributed by atoms with E-state index >= 15 is 0 Å². The molecule has 0 atom stereocenters. The molecule has 108 valence electrons. The van der Waals surface area contributed by atoms with Crippen molar-refractivity contribution in [2.75, 3.05) is 0 Å². The molecule has 7 nitrogen and oxygen atoms in total. The molecule has 4 N–H and O–H groups in total. The molecule has 19 heavy (non-hydrogen) atoms. The highest BCUT2D eigenvalue weighted by Crippen LogP contribution is 2.06. The molecule has 0 amide bonds. The molecule has 0 aliphatic rings. The van der Waals surface area contributed by atoms with Crippen LogP contribution in [0.15, 0.2) is 16.5 Å². The molecule has 0 radical (unpaired) electrons. The van der Waals surface area contributed by atoms with Crippen molar-refractivity contribution >= 4 is 11.9 Å². The molecule has 1 heterocycles. The molecule has 1 rings (SSSR count). The van der Waals surface area contributed by atoms with Crippen LogP contribution in [0.3, 0.4) is 0 Å². The monoisotopic (exact) mass is 274 g/mol. The summed E-state index contributed by atoms with van der Waals surface area (Å²) in [5.74, 6) is -3.31. The van der Waals surface area contributed by atoms with Crippen molar-refractivity contribution in [3.8, 4) is 0 Å². The summed E-state index contributed by atoms with van der Waals surface area (Å²) in [6, 6.07) is 2.18. The molecular weight excluding hydrogens is 256 g/mol. The number of unbranched alkanes of at least 4 members (excludes halogenated alkanes) is 2. The normalized spacial score (nSPS) is 9.89. The fourth-order valence-electron chi connectivity index (χ4n) is 1.14. The molecule has 1 aromatic heterocycles. The number of rotatable bonds is 6. The second-order valence-corrected chi connectivity index (χ2v) is 3.75. The van der Waals surface area contributed by atoms with Crippen LogP contribution in [-0.4, -0.2) is 38.7 Å². The maximum atomic E-state index is 10.2. The summed E-state index contributed by atoms with van der Waals surface area (Å²) in [6.07, 6.45) is 2.58. The van der Waals surface area contributed by atoms with Crippen LogP contribution in [-0.2, 0) is 0 Å². The first kappa shape index (κ1) is 17.1. The Bertz CT molecular complexity index is 366. The summed E-state index contributed by atoms with van der Waals surface area (Å²) in [7, 11) is 0. The van der Waals surface area contributed by atoms with E-state index in [0.717, 1.165) is 31.4 Å². The third-order valence-corrected chi connectivity index (χ3v) is 2.09. The summed E-state index contributed by atoms with van der Waals surface area (Å²) in [5, 5.41) is 33.3. The van der Waals surface area contributed by atoms with Gasteiger partial charge in [-0.3, -0.25) is 0 Å². The molecule has 0 unspecified atom stereocenters. The van der Waals surface area contributed by atoms with Gasteiger partial charge in [-0.25, -0.2) is 9.59 Å². The zero-order valence-corrected chi connectivity index (χ0v) is 10.6. The fourth-order valence-corrected chi connectivity index (χ4v) is 1.14. The highest BCUT2D eigenvalue weighted by Gasteiger charge is 2.12. The summed E-state index contributed by atoms with van der Waals surface area (Å²) in [6.45, 7) is 2.09. The molecule has 0 aliphatic carbocycles. The van der Waals surface area contributed by atoms with Gasteiger partial charge in [0.25, 0.3) is 0 Å². The minimum absolute atomic E-state index is 0.373. The Kier molecular flexibility index (Phi) is 8.23. The van der Waals surface area contributed by atoms with Gasteiger partial charge in [-0.05, 0) is 25.0 Å². The first-order valence-corrected chi connectivity index (χ1v) is 5.81. The van der Waals surface area contributed by atoms with Gasteiger partial charge in [-0.2, -0.15) is 0 Å². The second kappa shape index (κ2) is 9.12. The van der Waals surface area contributed by atoms with Gasteiger partial charge in [0.05, 0.1) is 0 Å². The Morgan fingerprint density at radius 2 is 1.58 bits per heavy atom. The Hall–Kier alpha value is -1.86. The molecule has 7 heteroatoms. The standard InChI is InChI=1S/C6H4O5.C6H14O2/c7-5(8)3-1-2-4(11-3)6(9)10;1-2-3-4-5-6(7)8/h1-2H,(H,7,8)(H,9,10);6-8H,2-5H2,1H3. The topological polar surface area (TPSA) is 128 Å². The van der Waals surface area contributed by atoms with Crippen LogP contribution >= 0.6 is 0 Å². The number of carboxylic acid groups (broad SMARTS) is 2. The Labute approximate surface area is 110 Å². The van der Waals surface area contributed by atoms with Crippen LogP contribution < -0.4 is 0 Å². The van der Waals surface area contributed by atoms with Crippen molar-refractivity contribution in [2.45, 2.75) is 38.9 Å². The quantitative estimate of drug-likeness (QED) is 0.457. The number of furan rings is 1. The number of aromatic carboxylic acids is 2. The summed E-state index contributed by atoms with van der Waals surface area (Å²) in [5.41, 5.74) is 0. The third-order valence-electron chi connectivity index (χ3n) is 2.09. The van der Waals surface area contributed by atoms with Crippen molar-refractivity contribution in [1.29, 1.82) is 0 Å². The van der Waals surface area contributed by atoms with Gasteiger partial charge in [-0.15, -0.1) is 0 Å². The zero-order chi connectivity index (χ0) is 14.8. The van der Waals surface area contributed by atoms with Crippen LogP contribution in [0.1, 0.15) is 53.7 Å². The SMILES string of the molecule is CCCCCC(O)O.O=C(O)c1ccc(C(=O)O)o1. The Morgan fingerprint density at radius 3 is 1.84 bits per heavy atom. The van der Waals surface area contributed by atoms with E-state index in [9.17, 15) is 9.59 Å². The van der Waals surface area contributed by atoms with E-state index in [1.54, 1.807) is 0 Å². The lowest BCUT2D eigenvalue weighted by atomic mass is 10.2. The first-order valence-electron chi connectivity index (χ1n) is 5.81. The average molecular weight is 274 g/mol. The van der Waals surface area contributed by atoms with Gasteiger partial charge in [0.15, 0.2) is 6.29 Å². The number of aliphatic hydroxyl groups excluding tert-OH is 1. The predicted molar refractivity (Wildman–Crippen MR) is 65.0 cm³/mol. The molecule has 0 saturated heterocycles. The molecule has 0 aliphatic heterocycles. The van der Waals surface area contributed by atoms with Crippen LogP contribution in [0.5, 0.6) is 0 Å². The predicted octanol–water partition coefficient (Wildman–Crippen LogP) is 1.55. The van der Waals surface area contributed by atoms with E-state index in [4.69, 9.17) is 20.4 Å². The largest absolute Gasteiger partial charge is 0.475 e. The lowest BCUT2D eigenvalue weighted by molar-refractivity contribution is -0.0465. The van der Waals surface area contributed by atoms with Crippen molar-refractivity contribution in [3.05, 3.63) is 23.7 Å². The minimum atomic E-state index is -1.28. The van der Waals surface area contributed by atoms with E-state index < -0.39 is 18.2 Å². The summed E-state index contributed by atoms with van der Waals surface area (Å²) in [4.78, 5) is 20.3. The van der Waals surface area contributed by atoms with Gasteiger partial charge in [0, 0.05) is 0 Å². The van der Waals surface area contributed by atoms with Crippen molar-refractivity contribution in [1.82, 2.24) is 0 Å². The van der Waals surface area contributed by atoms with Crippen molar-refractivity contribution in [2.24, 2.45) is 0 Å². The smallest absolute Gasteiger partial charge is 0.371 e. The van der Waals surface area contributed by atoms with Gasteiger partial charge < -0.3 is 24.8 Å². The average Bonchev–Trinajstić information content (AvgIpc) is 2.79. The number of carbonyl (C=O) groups is 2. The van der Waals surface area contributed by atoms with E-state index in [-0.39, 0.29) is 11.5 Å². The highest BCUT2D eigenvalue weighted by atomic mass is 16.5. The fraction of sp³-hybridized carbons (Fsp3) is 0.500. The van der Waals surface area contributed by atoms with Crippen LogP contribution in [0.2, 0.25) is 0 Å². The molecule has 0 fully saturated rings. The van der Waals surface area contributed by atoms with Crippen molar-refractivity contribution in [3.63, 3.8) is 0 Å². The molecule has 1 aromatic rings. The molecule has 0 saturated carbocycles. The summed E-state index contributed by atoms with van der Waals surface area (Å²) >= 11 is 0. The number of aliphatic hydroxyl groups is 2. The van der Waals surface area contributed by atoms with E-state index in [2.05, 4.69) is 11.3 Å². The van der Waals surface area contributed by atoms with Gasteiger partial charge in [0.1, 0.15) is 0 Å². The lowest BCUT2D eigenvalue weighted by Crippen LogP contribution is -2.02. The molecular formula is C12H18O7. The lowest BCUT2D eigenvalue weighted by Gasteiger charge is -1.99. The Balaban J connectivity index is 0.000000362. The number of hydrogen-bond donors (Lipinski definition) is 4. The molecule has 0 bridgehead atoms. The van der Waals surface area contributed by atoms with Gasteiger partial charge in [-0.1, -0.05) is 19.8 Å². The Morgan fingerprint density at radius 1 is 1.11 bits per heavy atom.